The molecule has 0 radical (unpaired) electrons. The first kappa shape index (κ1) is 16.0. The van der Waals surface area contributed by atoms with Crippen molar-refractivity contribution in [2.45, 2.75) is 13.2 Å². The molecule has 0 bridgehead atoms. The third kappa shape index (κ3) is 3.23. The smallest absolute Gasteiger partial charge is 0.287 e. The fourth-order valence-corrected chi connectivity index (χ4v) is 2.27. The molecule has 0 fully saturated rings. The Balaban J connectivity index is 2.00. The number of H-pyrrole nitrogens is 1. The van der Waals surface area contributed by atoms with Crippen LogP contribution in [0, 0.1) is 11.6 Å². The summed E-state index contributed by atoms with van der Waals surface area (Å²) in [5, 5.41) is 4.32. The molecule has 0 aliphatic rings. The van der Waals surface area contributed by atoms with Crippen LogP contribution in [0.15, 0.2) is 41.3 Å². The molecule has 0 amide bonds. The summed E-state index contributed by atoms with van der Waals surface area (Å²) in [5.74, 6) is -1.18. The first-order valence-electron chi connectivity index (χ1n) is 7.12. The number of hydrogen-bond acceptors (Lipinski definition) is 4. The Labute approximate surface area is 135 Å². The van der Waals surface area contributed by atoms with Crippen molar-refractivity contribution < 1.29 is 13.5 Å². The molecule has 24 heavy (non-hydrogen) atoms. The predicted molar refractivity (Wildman–Crippen MR) is 82.3 cm³/mol. The average Bonchev–Trinajstić information content (AvgIpc) is 2.95. The largest absolute Gasteiger partial charge is 0.378 e. The molecule has 3 aromatic rings. The molecule has 0 aliphatic heterocycles. The Kier molecular flexibility index (Phi) is 4.48. The van der Waals surface area contributed by atoms with E-state index in [1.165, 1.54) is 13.2 Å². The SMILES string of the molecule is COCc1cc(-c2ncc(F)c(=O)[nH]2)nn1Cc1ccccc1F. The van der Waals surface area contributed by atoms with Crippen LogP contribution in [0.4, 0.5) is 8.78 Å². The molecule has 124 valence electrons. The summed E-state index contributed by atoms with van der Waals surface area (Å²) in [5.41, 5.74) is 0.597. The Morgan fingerprint density at radius 3 is 2.75 bits per heavy atom. The van der Waals surface area contributed by atoms with Gasteiger partial charge in [0.1, 0.15) is 11.5 Å². The van der Waals surface area contributed by atoms with E-state index < -0.39 is 11.4 Å². The highest BCUT2D eigenvalue weighted by Crippen LogP contribution is 2.17. The lowest BCUT2D eigenvalue weighted by molar-refractivity contribution is 0.177. The van der Waals surface area contributed by atoms with Gasteiger partial charge in [-0.15, -0.1) is 0 Å². The lowest BCUT2D eigenvalue weighted by Gasteiger charge is -2.07. The van der Waals surface area contributed by atoms with Crippen molar-refractivity contribution in [3.05, 3.63) is 69.8 Å². The third-order valence-electron chi connectivity index (χ3n) is 3.43. The third-order valence-corrected chi connectivity index (χ3v) is 3.43. The van der Waals surface area contributed by atoms with Crippen molar-refractivity contribution in [1.29, 1.82) is 0 Å². The summed E-state index contributed by atoms with van der Waals surface area (Å²) in [6, 6.07) is 8.02. The van der Waals surface area contributed by atoms with Gasteiger partial charge in [0.25, 0.3) is 5.56 Å². The van der Waals surface area contributed by atoms with Gasteiger partial charge in [-0.2, -0.15) is 9.49 Å². The molecule has 2 aromatic heterocycles. The normalized spacial score (nSPS) is 11.0. The Morgan fingerprint density at radius 2 is 2.04 bits per heavy atom. The number of hydrogen-bond donors (Lipinski definition) is 1. The van der Waals surface area contributed by atoms with E-state index in [4.69, 9.17) is 4.74 Å². The minimum absolute atomic E-state index is 0.131. The van der Waals surface area contributed by atoms with Gasteiger partial charge in [-0.05, 0) is 12.1 Å². The Bertz CT molecular complexity index is 920. The van der Waals surface area contributed by atoms with E-state index in [-0.39, 0.29) is 24.8 Å². The zero-order valence-corrected chi connectivity index (χ0v) is 12.8. The number of nitrogens with zero attached hydrogens (tertiary/aromatic N) is 3. The second kappa shape index (κ2) is 6.71. The number of rotatable bonds is 5. The van der Waals surface area contributed by atoms with Crippen molar-refractivity contribution in [1.82, 2.24) is 19.7 Å². The van der Waals surface area contributed by atoms with E-state index in [1.54, 1.807) is 28.9 Å². The van der Waals surface area contributed by atoms with Gasteiger partial charge in [0, 0.05) is 12.7 Å². The van der Waals surface area contributed by atoms with Gasteiger partial charge in [-0.1, -0.05) is 18.2 Å². The lowest BCUT2D eigenvalue weighted by atomic mass is 10.2. The maximum atomic E-state index is 13.8. The van der Waals surface area contributed by atoms with Gasteiger partial charge in [0.15, 0.2) is 5.82 Å². The highest BCUT2D eigenvalue weighted by molar-refractivity contribution is 5.49. The Morgan fingerprint density at radius 1 is 1.25 bits per heavy atom. The monoisotopic (exact) mass is 332 g/mol. The number of aromatic amines is 1. The molecule has 0 saturated heterocycles. The van der Waals surface area contributed by atoms with Crippen molar-refractivity contribution in [3.8, 4) is 11.5 Å². The van der Waals surface area contributed by atoms with E-state index in [9.17, 15) is 13.6 Å². The zero-order valence-electron chi connectivity index (χ0n) is 12.8. The fraction of sp³-hybridized carbons (Fsp3) is 0.188. The zero-order chi connectivity index (χ0) is 17.1. The number of nitrogens with one attached hydrogen (secondary N) is 1. The van der Waals surface area contributed by atoms with E-state index in [0.29, 0.717) is 17.0 Å². The maximum absolute atomic E-state index is 13.8. The molecule has 0 spiro atoms. The van der Waals surface area contributed by atoms with Crippen LogP contribution < -0.4 is 5.56 Å². The molecular formula is C16H14F2N4O2. The molecule has 0 atom stereocenters. The molecule has 6 nitrogen and oxygen atoms in total. The van der Waals surface area contributed by atoms with Crippen LogP contribution in [0.25, 0.3) is 11.5 Å². The minimum atomic E-state index is -0.971. The van der Waals surface area contributed by atoms with Crippen LogP contribution >= 0.6 is 0 Å². The highest BCUT2D eigenvalue weighted by Gasteiger charge is 2.14. The Hall–Kier alpha value is -2.87. The van der Waals surface area contributed by atoms with Gasteiger partial charge < -0.3 is 9.72 Å². The lowest BCUT2D eigenvalue weighted by Crippen LogP contribution is -2.13. The second-order valence-electron chi connectivity index (χ2n) is 5.11. The van der Waals surface area contributed by atoms with E-state index >= 15 is 0 Å². The van der Waals surface area contributed by atoms with Crippen LogP contribution in [-0.2, 0) is 17.9 Å². The number of ether oxygens (including phenoxy) is 1. The minimum Gasteiger partial charge on any atom is -0.378 e. The fourth-order valence-electron chi connectivity index (χ4n) is 2.27. The summed E-state index contributed by atoms with van der Waals surface area (Å²) in [6.45, 7) is 0.434. The topological polar surface area (TPSA) is 72.8 Å². The van der Waals surface area contributed by atoms with E-state index in [2.05, 4.69) is 15.1 Å². The maximum Gasteiger partial charge on any atom is 0.287 e. The molecule has 8 heteroatoms. The van der Waals surface area contributed by atoms with Crippen LogP contribution in [0.1, 0.15) is 11.3 Å². The van der Waals surface area contributed by atoms with Gasteiger partial charge in [-0.3, -0.25) is 9.48 Å². The van der Waals surface area contributed by atoms with Gasteiger partial charge in [0.05, 0.1) is 25.0 Å². The standard InChI is InChI=1S/C16H14F2N4O2/c1-24-9-11-6-14(15-19-7-13(18)16(23)20-15)21-22(11)8-10-4-2-3-5-12(10)17/h2-7H,8-9H2,1H3,(H,19,20,23). The average molecular weight is 332 g/mol. The van der Waals surface area contributed by atoms with Crippen LogP contribution in [0.3, 0.4) is 0 Å². The van der Waals surface area contributed by atoms with Crippen molar-refractivity contribution in [2.24, 2.45) is 0 Å². The molecule has 0 aliphatic carbocycles. The molecule has 3 rings (SSSR count). The summed E-state index contributed by atoms with van der Waals surface area (Å²) in [6.07, 6.45) is 0.833. The number of benzene rings is 1. The first-order chi connectivity index (χ1) is 11.6. The van der Waals surface area contributed by atoms with E-state index in [1.807, 2.05) is 0 Å². The van der Waals surface area contributed by atoms with Crippen molar-refractivity contribution in [3.63, 3.8) is 0 Å². The first-order valence-corrected chi connectivity index (χ1v) is 7.12. The van der Waals surface area contributed by atoms with E-state index in [0.717, 1.165) is 6.20 Å². The van der Waals surface area contributed by atoms with Crippen LogP contribution in [-0.4, -0.2) is 26.9 Å². The van der Waals surface area contributed by atoms with Gasteiger partial charge >= 0.3 is 0 Å². The summed E-state index contributed by atoms with van der Waals surface area (Å²) < 4.78 is 33.6. The van der Waals surface area contributed by atoms with Gasteiger partial charge in [-0.25, -0.2) is 9.37 Å². The molecule has 2 heterocycles. The molecule has 0 unspecified atom stereocenters. The van der Waals surface area contributed by atoms with Crippen molar-refractivity contribution in [2.75, 3.05) is 7.11 Å². The number of methoxy groups -OCH3 is 1. The second-order valence-corrected chi connectivity index (χ2v) is 5.11. The molecule has 0 saturated carbocycles. The van der Waals surface area contributed by atoms with Crippen LogP contribution in [0.5, 0.6) is 0 Å². The van der Waals surface area contributed by atoms with Crippen molar-refractivity contribution >= 4 is 0 Å². The summed E-state index contributed by atoms with van der Waals surface area (Å²) in [4.78, 5) is 17.5. The summed E-state index contributed by atoms with van der Waals surface area (Å²) >= 11 is 0. The quantitative estimate of drug-likeness (QED) is 0.777. The molecular weight excluding hydrogens is 318 g/mol. The molecule has 1 N–H and O–H groups in total. The molecule has 1 aromatic carbocycles. The van der Waals surface area contributed by atoms with Crippen LogP contribution in [0.2, 0.25) is 0 Å². The van der Waals surface area contributed by atoms with Gasteiger partial charge in [0.2, 0.25) is 5.82 Å². The predicted octanol–water partition coefficient (Wildman–Crippen LogP) is 2.11. The highest BCUT2D eigenvalue weighted by atomic mass is 19.1. The number of aromatic nitrogens is 4. The number of halogens is 2. The summed E-state index contributed by atoms with van der Waals surface area (Å²) in [7, 11) is 1.53.